The lowest BCUT2D eigenvalue weighted by atomic mass is 9.93. The molecule has 7 heteroatoms. The Morgan fingerprint density at radius 3 is 2.73 bits per heavy atom. The van der Waals surface area contributed by atoms with Crippen LogP contribution in [-0.4, -0.2) is 39.7 Å². The summed E-state index contributed by atoms with van der Waals surface area (Å²) in [5, 5.41) is 7.27. The van der Waals surface area contributed by atoms with Crippen LogP contribution in [0.2, 0.25) is 0 Å². The van der Waals surface area contributed by atoms with Crippen LogP contribution < -0.4 is 10.6 Å². The Morgan fingerprint density at radius 2 is 2.04 bits per heavy atom. The number of aromatic nitrogens is 2. The SMILES string of the molecule is Cc1oc2ncnc(NC3(C)CC3)c2c1C(=O)NC1CCOC(C)(C)C1. The molecular weight excluding hydrogens is 332 g/mol. The summed E-state index contributed by atoms with van der Waals surface area (Å²) in [7, 11) is 0. The minimum atomic E-state index is -0.222. The van der Waals surface area contributed by atoms with Crippen molar-refractivity contribution in [2.45, 2.75) is 70.6 Å². The van der Waals surface area contributed by atoms with Crippen LogP contribution in [0.15, 0.2) is 10.7 Å². The number of nitrogens with one attached hydrogen (secondary N) is 2. The second kappa shape index (κ2) is 5.94. The van der Waals surface area contributed by atoms with Crippen molar-refractivity contribution in [1.29, 1.82) is 0 Å². The van der Waals surface area contributed by atoms with Crippen LogP contribution in [0, 0.1) is 6.92 Å². The van der Waals surface area contributed by atoms with E-state index in [2.05, 4.69) is 41.4 Å². The number of amides is 1. The third-order valence-corrected chi connectivity index (χ3v) is 5.34. The number of anilines is 1. The molecule has 2 aliphatic rings. The lowest BCUT2D eigenvalue weighted by molar-refractivity contribution is -0.0615. The molecule has 4 rings (SSSR count). The molecule has 2 N–H and O–H groups in total. The van der Waals surface area contributed by atoms with Gasteiger partial charge in [-0.25, -0.2) is 9.97 Å². The summed E-state index contributed by atoms with van der Waals surface area (Å²) >= 11 is 0. The van der Waals surface area contributed by atoms with E-state index in [9.17, 15) is 4.79 Å². The smallest absolute Gasteiger partial charge is 0.255 e. The molecule has 3 heterocycles. The van der Waals surface area contributed by atoms with Crippen LogP contribution in [0.4, 0.5) is 5.82 Å². The van der Waals surface area contributed by atoms with Gasteiger partial charge in [0.15, 0.2) is 0 Å². The van der Waals surface area contributed by atoms with E-state index in [0.29, 0.717) is 34.8 Å². The third kappa shape index (κ3) is 3.28. The van der Waals surface area contributed by atoms with E-state index in [1.54, 1.807) is 6.92 Å². The molecule has 1 saturated carbocycles. The van der Waals surface area contributed by atoms with Gasteiger partial charge < -0.3 is 19.8 Å². The molecule has 26 heavy (non-hydrogen) atoms. The molecule has 1 unspecified atom stereocenters. The molecule has 0 bridgehead atoms. The minimum absolute atomic E-state index is 0.0466. The number of aryl methyl sites for hydroxylation is 1. The van der Waals surface area contributed by atoms with Gasteiger partial charge in [0.2, 0.25) is 5.71 Å². The van der Waals surface area contributed by atoms with Crippen molar-refractivity contribution >= 4 is 22.8 Å². The predicted octanol–water partition coefficient (Wildman–Crippen LogP) is 3.18. The van der Waals surface area contributed by atoms with E-state index in [4.69, 9.17) is 9.15 Å². The highest BCUT2D eigenvalue weighted by Gasteiger charge is 2.39. The van der Waals surface area contributed by atoms with Gasteiger partial charge in [0.25, 0.3) is 5.91 Å². The summed E-state index contributed by atoms with van der Waals surface area (Å²) in [5.41, 5.74) is 0.795. The number of hydrogen-bond acceptors (Lipinski definition) is 6. The molecule has 1 amide bonds. The lowest BCUT2D eigenvalue weighted by Gasteiger charge is -2.35. The maximum Gasteiger partial charge on any atom is 0.255 e. The Morgan fingerprint density at radius 1 is 1.27 bits per heavy atom. The topological polar surface area (TPSA) is 89.3 Å². The second-order valence-electron chi connectivity index (χ2n) is 8.39. The van der Waals surface area contributed by atoms with E-state index >= 15 is 0 Å². The zero-order valence-corrected chi connectivity index (χ0v) is 15.8. The van der Waals surface area contributed by atoms with E-state index in [0.717, 1.165) is 25.7 Å². The molecule has 1 aliphatic heterocycles. The number of fused-ring (bicyclic) bond motifs is 1. The van der Waals surface area contributed by atoms with Crippen molar-refractivity contribution in [3.05, 3.63) is 17.7 Å². The average molecular weight is 358 g/mol. The van der Waals surface area contributed by atoms with Crippen LogP contribution >= 0.6 is 0 Å². The Labute approximate surface area is 152 Å². The summed E-state index contributed by atoms with van der Waals surface area (Å²) in [5.74, 6) is 1.10. The van der Waals surface area contributed by atoms with Gasteiger partial charge in [-0.1, -0.05) is 0 Å². The average Bonchev–Trinajstić information content (AvgIpc) is 3.15. The molecule has 2 aromatic heterocycles. The quantitative estimate of drug-likeness (QED) is 0.872. The first-order valence-electron chi connectivity index (χ1n) is 9.23. The normalized spacial score (nSPS) is 23.6. The molecule has 7 nitrogen and oxygen atoms in total. The summed E-state index contributed by atoms with van der Waals surface area (Å²) in [4.78, 5) is 21.6. The first-order valence-corrected chi connectivity index (χ1v) is 9.23. The van der Waals surface area contributed by atoms with Crippen molar-refractivity contribution in [3.8, 4) is 0 Å². The zero-order valence-electron chi connectivity index (χ0n) is 15.8. The Kier molecular flexibility index (Phi) is 3.95. The maximum absolute atomic E-state index is 13.1. The largest absolute Gasteiger partial charge is 0.442 e. The summed E-state index contributed by atoms with van der Waals surface area (Å²) in [6.07, 6.45) is 5.25. The fourth-order valence-electron chi connectivity index (χ4n) is 3.62. The van der Waals surface area contributed by atoms with Crippen molar-refractivity contribution in [1.82, 2.24) is 15.3 Å². The van der Waals surface area contributed by atoms with Gasteiger partial charge in [-0.05, 0) is 53.4 Å². The molecule has 0 spiro atoms. The van der Waals surface area contributed by atoms with Gasteiger partial charge in [-0.2, -0.15) is 0 Å². The predicted molar refractivity (Wildman–Crippen MR) is 98.3 cm³/mol. The standard InChI is InChI=1S/C19H26N4O3/c1-11-13(16(24)22-12-5-8-25-18(2,3)9-12)14-15(23-19(4)6-7-19)20-10-21-17(14)26-11/h10,12H,5-9H2,1-4H3,(H,22,24)(H,20,21,23). The molecule has 2 aromatic rings. The number of carbonyl (C=O) groups is 1. The lowest BCUT2D eigenvalue weighted by Crippen LogP contribution is -2.45. The number of furan rings is 1. The molecule has 0 aromatic carbocycles. The Bertz CT molecular complexity index is 854. The van der Waals surface area contributed by atoms with Crippen molar-refractivity contribution < 1.29 is 13.9 Å². The summed E-state index contributed by atoms with van der Waals surface area (Å²) in [6, 6.07) is 0.0811. The molecule has 2 fully saturated rings. The van der Waals surface area contributed by atoms with E-state index in [1.807, 2.05) is 0 Å². The first kappa shape index (κ1) is 17.3. The van der Waals surface area contributed by atoms with Crippen LogP contribution in [-0.2, 0) is 4.74 Å². The second-order valence-corrected chi connectivity index (χ2v) is 8.39. The van der Waals surface area contributed by atoms with Crippen LogP contribution in [0.1, 0.15) is 62.6 Å². The molecule has 0 radical (unpaired) electrons. The molecule has 1 aliphatic carbocycles. The highest BCUT2D eigenvalue weighted by atomic mass is 16.5. The van der Waals surface area contributed by atoms with E-state index in [1.165, 1.54) is 6.33 Å². The maximum atomic E-state index is 13.1. The first-order chi connectivity index (χ1) is 12.3. The fraction of sp³-hybridized carbons (Fsp3) is 0.632. The van der Waals surface area contributed by atoms with E-state index < -0.39 is 0 Å². The zero-order chi connectivity index (χ0) is 18.5. The van der Waals surface area contributed by atoms with Gasteiger partial charge in [0, 0.05) is 18.2 Å². The van der Waals surface area contributed by atoms with Crippen LogP contribution in [0.3, 0.4) is 0 Å². The third-order valence-electron chi connectivity index (χ3n) is 5.34. The number of rotatable bonds is 4. The van der Waals surface area contributed by atoms with Crippen LogP contribution in [0.5, 0.6) is 0 Å². The summed E-state index contributed by atoms with van der Waals surface area (Å²) < 4.78 is 11.5. The minimum Gasteiger partial charge on any atom is -0.442 e. The summed E-state index contributed by atoms with van der Waals surface area (Å²) in [6.45, 7) is 8.70. The Balaban J connectivity index is 1.64. The van der Waals surface area contributed by atoms with Crippen molar-refractivity contribution in [2.24, 2.45) is 0 Å². The monoisotopic (exact) mass is 358 g/mol. The molecule has 140 valence electrons. The van der Waals surface area contributed by atoms with Crippen molar-refractivity contribution in [2.75, 3.05) is 11.9 Å². The van der Waals surface area contributed by atoms with Crippen LogP contribution in [0.25, 0.3) is 11.1 Å². The van der Waals surface area contributed by atoms with Gasteiger partial charge in [0.1, 0.15) is 17.9 Å². The Hall–Kier alpha value is -2.15. The molecule has 1 atom stereocenters. The highest BCUT2D eigenvalue weighted by molar-refractivity contribution is 6.10. The molecular formula is C19H26N4O3. The van der Waals surface area contributed by atoms with Gasteiger partial charge in [-0.3, -0.25) is 4.79 Å². The number of carbonyl (C=O) groups excluding carboxylic acids is 1. The number of nitrogens with zero attached hydrogens (tertiary/aromatic N) is 2. The molecule has 1 saturated heterocycles. The van der Waals surface area contributed by atoms with Gasteiger partial charge in [0.05, 0.1) is 16.6 Å². The van der Waals surface area contributed by atoms with Gasteiger partial charge >= 0.3 is 0 Å². The fourth-order valence-corrected chi connectivity index (χ4v) is 3.62. The number of ether oxygens (including phenoxy) is 1. The van der Waals surface area contributed by atoms with Gasteiger partial charge in [-0.15, -0.1) is 0 Å². The van der Waals surface area contributed by atoms with E-state index in [-0.39, 0.29) is 23.1 Å². The van der Waals surface area contributed by atoms with Crippen molar-refractivity contribution in [3.63, 3.8) is 0 Å². The number of hydrogen-bond donors (Lipinski definition) is 2. The highest BCUT2D eigenvalue weighted by Crippen LogP contribution is 2.40.